The first-order chi connectivity index (χ1) is 10.1. The van der Waals surface area contributed by atoms with E-state index in [9.17, 15) is 9.59 Å². The van der Waals surface area contributed by atoms with Crippen LogP contribution in [-0.4, -0.2) is 40.4 Å². The Bertz CT molecular complexity index is 714. The highest BCUT2D eigenvalue weighted by atomic mass is 32.2. The number of aromatic nitrogens is 1. The second-order valence-electron chi connectivity index (χ2n) is 4.97. The molecule has 6 heteroatoms. The van der Waals surface area contributed by atoms with Crippen molar-refractivity contribution in [1.29, 1.82) is 0 Å². The van der Waals surface area contributed by atoms with Gasteiger partial charge in [-0.15, -0.1) is 11.3 Å². The predicted octanol–water partition coefficient (Wildman–Crippen LogP) is 2.60. The van der Waals surface area contributed by atoms with Crippen molar-refractivity contribution in [3.63, 3.8) is 0 Å². The van der Waals surface area contributed by atoms with Crippen LogP contribution >= 0.6 is 23.1 Å². The van der Waals surface area contributed by atoms with E-state index < -0.39 is 0 Å². The minimum absolute atomic E-state index is 0.0718. The van der Waals surface area contributed by atoms with Crippen LogP contribution in [0.1, 0.15) is 15.2 Å². The number of thioether (sulfide) groups is 1. The maximum Gasteiger partial charge on any atom is 0.263 e. The van der Waals surface area contributed by atoms with Crippen molar-refractivity contribution in [2.45, 2.75) is 6.92 Å². The van der Waals surface area contributed by atoms with Crippen molar-refractivity contribution in [3.8, 4) is 10.4 Å². The van der Waals surface area contributed by atoms with Gasteiger partial charge in [0.1, 0.15) is 0 Å². The van der Waals surface area contributed by atoms with Crippen molar-refractivity contribution in [1.82, 2.24) is 9.88 Å². The second-order valence-corrected chi connectivity index (χ2v) is 7.28. The molecule has 1 N–H and O–H groups in total. The summed E-state index contributed by atoms with van der Waals surface area (Å²) in [7, 11) is 0. The highest BCUT2D eigenvalue weighted by molar-refractivity contribution is 7.99. The van der Waals surface area contributed by atoms with E-state index in [1.165, 1.54) is 11.3 Å². The van der Waals surface area contributed by atoms with Crippen LogP contribution in [0.3, 0.4) is 0 Å². The summed E-state index contributed by atoms with van der Waals surface area (Å²) in [5.41, 5.74) is 1.56. The van der Waals surface area contributed by atoms with Crippen molar-refractivity contribution < 1.29 is 4.79 Å². The molecule has 1 saturated heterocycles. The normalized spacial score (nSPS) is 15.2. The Labute approximate surface area is 131 Å². The molecule has 0 bridgehead atoms. The lowest BCUT2D eigenvalue weighted by molar-refractivity contribution is 0.0777. The monoisotopic (exact) mass is 320 g/mol. The van der Waals surface area contributed by atoms with Gasteiger partial charge in [-0.05, 0) is 25.1 Å². The van der Waals surface area contributed by atoms with E-state index in [1.807, 2.05) is 34.9 Å². The van der Waals surface area contributed by atoms with Gasteiger partial charge in [-0.1, -0.05) is 0 Å². The molecule has 0 atom stereocenters. The van der Waals surface area contributed by atoms with Gasteiger partial charge in [0.05, 0.1) is 4.88 Å². The molecule has 4 nitrogen and oxygen atoms in total. The number of thiophene rings is 1. The summed E-state index contributed by atoms with van der Waals surface area (Å²) in [6.07, 6.45) is 1.70. The molecule has 2 aromatic rings. The fourth-order valence-electron chi connectivity index (χ4n) is 2.27. The van der Waals surface area contributed by atoms with Crippen LogP contribution in [0.15, 0.2) is 29.2 Å². The number of hydrogen-bond acceptors (Lipinski definition) is 4. The van der Waals surface area contributed by atoms with Crippen LogP contribution in [-0.2, 0) is 0 Å². The van der Waals surface area contributed by atoms with Gasteiger partial charge in [-0.3, -0.25) is 9.59 Å². The minimum atomic E-state index is -0.0718. The molecule has 0 aromatic carbocycles. The molecule has 2 aromatic heterocycles. The van der Waals surface area contributed by atoms with Crippen LogP contribution in [0.25, 0.3) is 10.4 Å². The number of amides is 1. The third kappa shape index (κ3) is 3.06. The lowest BCUT2D eigenvalue weighted by atomic mass is 10.2. The number of aromatic amines is 1. The Hall–Kier alpha value is -1.53. The van der Waals surface area contributed by atoms with E-state index in [2.05, 4.69) is 4.98 Å². The van der Waals surface area contributed by atoms with Crippen LogP contribution in [0, 0.1) is 6.92 Å². The topological polar surface area (TPSA) is 53.2 Å². The summed E-state index contributed by atoms with van der Waals surface area (Å²) in [5, 5.41) is 0. The van der Waals surface area contributed by atoms with Crippen molar-refractivity contribution in [2.75, 3.05) is 24.6 Å². The number of H-pyrrole nitrogens is 1. The molecule has 0 radical (unpaired) electrons. The number of pyridine rings is 1. The van der Waals surface area contributed by atoms with Crippen molar-refractivity contribution in [3.05, 3.63) is 45.2 Å². The Morgan fingerprint density at radius 2 is 2.05 bits per heavy atom. The van der Waals surface area contributed by atoms with E-state index in [-0.39, 0.29) is 11.5 Å². The summed E-state index contributed by atoms with van der Waals surface area (Å²) in [6, 6.07) is 5.69. The zero-order chi connectivity index (χ0) is 14.8. The minimum Gasteiger partial charge on any atom is -0.336 e. The van der Waals surface area contributed by atoms with E-state index in [4.69, 9.17) is 0 Å². The number of hydrogen-bond donors (Lipinski definition) is 1. The van der Waals surface area contributed by atoms with E-state index in [0.29, 0.717) is 5.56 Å². The molecule has 1 amide bonds. The highest BCUT2D eigenvalue weighted by Gasteiger charge is 2.20. The van der Waals surface area contributed by atoms with Crippen LogP contribution in [0.5, 0.6) is 0 Å². The van der Waals surface area contributed by atoms with Crippen molar-refractivity contribution >= 4 is 29.0 Å². The van der Waals surface area contributed by atoms with Gasteiger partial charge in [-0.2, -0.15) is 11.8 Å². The average Bonchev–Trinajstić information content (AvgIpc) is 3.00. The first-order valence-electron chi connectivity index (χ1n) is 6.82. The summed E-state index contributed by atoms with van der Waals surface area (Å²) < 4.78 is 0. The second kappa shape index (κ2) is 6.07. The Balaban J connectivity index is 1.83. The largest absolute Gasteiger partial charge is 0.336 e. The molecule has 1 aliphatic heterocycles. The molecular weight excluding hydrogens is 304 g/mol. The van der Waals surface area contributed by atoms with E-state index >= 15 is 0 Å². The molecule has 3 rings (SSSR count). The zero-order valence-electron chi connectivity index (χ0n) is 11.7. The molecular formula is C15H16N2O2S2. The van der Waals surface area contributed by atoms with Crippen LogP contribution < -0.4 is 5.56 Å². The van der Waals surface area contributed by atoms with Gasteiger partial charge in [0.25, 0.3) is 11.5 Å². The average molecular weight is 320 g/mol. The van der Waals surface area contributed by atoms with Crippen LogP contribution in [0.4, 0.5) is 0 Å². The number of rotatable bonds is 2. The number of nitrogens with zero attached hydrogens (tertiary/aromatic N) is 1. The zero-order valence-corrected chi connectivity index (χ0v) is 13.4. The Morgan fingerprint density at radius 1 is 1.29 bits per heavy atom. The molecule has 0 saturated carbocycles. The fourth-order valence-corrected chi connectivity index (χ4v) is 4.13. The number of carbonyl (C=O) groups excluding carboxylic acids is 1. The molecule has 110 valence electrons. The molecule has 1 aliphatic rings. The first kappa shape index (κ1) is 14.4. The molecule has 0 spiro atoms. The maximum absolute atomic E-state index is 12.4. The van der Waals surface area contributed by atoms with E-state index in [0.717, 1.165) is 39.9 Å². The summed E-state index contributed by atoms with van der Waals surface area (Å²) in [4.78, 5) is 30.3. The first-order valence-corrected chi connectivity index (χ1v) is 8.79. The highest BCUT2D eigenvalue weighted by Crippen LogP contribution is 2.28. The Morgan fingerprint density at radius 3 is 2.76 bits per heavy atom. The lowest BCUT2D eigenvalue weighted by Gasteiger charge is -2.25. The van der Waals surface area contributed by atoms with Crippen LogP contribution in [0.2, 0.25) is 0 Å². The number of nitrogens with one attached hydrogen (secondary N) is 1. The summed E-state index contributed by atoms with van der Waals surface area (Å²) in [6.45, 7) is 3.44. The molecule has 3 heterocycles. The number of aryl methyl sites for hydroxylation is 1. The molecule has 1 fully saturated rings. The molecule has 0 unspecified atom stereocenters. The quantitative estimate of drug-likeness (QED) is 0.925. The summed E-state index contributed by atoms with van der Waals surface area (Å²) >= 11 is 3.37. The SMILES string of the molecule is Cc1cc(-c2ccc(C(=O)N3CCSCC3)s2)c[nH]c1=O. The summed E-state index contributed by atoms with van der Waals surface area (Å²) in [5.74, 6) is 2.15. The van der Waals surface area contributed by atoms with E-state index in [1.54, 1.807) is 13.1 Å². The smallest absolute Gasteiger partial charge is 0.263 e. The predicted molar refractivity (Wildman–Crippen MR) is 88.3 cm³/mol. The Kier molecular flexibility index (Phi) is 4.17. The fraction of sp³-hybridized carbons (Fsp3) is 0.333. The lowest BCUT2D eigenvalue weighted by Crippen LogP contribution is -2.37. The van der Waals surface area contributed by atoms with Gasteiger partial charge < -0.3 is 9.88 Å². The van der Waals surface area contributed by atoms with Crippen molar-refractivity contribution in [2.24, 2.45) is 0 Å². The van der Waals surface area contributed by atoms with Gasteiger partial charge in [-0.25, -0.2) is 0 Å². The molecule has 21 heavy (non-hydrogen) atoms. The third-order valence-corrected chi connectivity index (χ3v) is 5.55. The van der Waals surface area contributed by atoms with Gasteiger partial charge in [0.2, 0.25) is 0 Å². The van der Waals surface area contributed by atoms with Gasteiger partial charge >= 0.3 is 0 Å². The third-order valence-electron chi connectivity index (χ3n) is 3.49. The standard InChI is InChI=1S/C15H16N2O2S2/c1-10-8-11(9-16-14(10)18)12-2-3-13(21-12)15(19)17-4-6-20-7-5-17/h2-3,8-9H,4-7H2,1H3,(H,16,18). The van der Waals surface area contributed by atoms with Gasteiger partial charge in [0, 0.05) is 46.8 Å². The molecule has 0 aliphatic carbocycles. The van der Waals surface area contributed by atoms with Gasteiger partial charge in [0.15, 0.2) is 0 Å². The maximum atomic E-state index is 12.4. The number of carbonyl (C=O) groups is 1.